The lowest BCUT2D eigenvalue weighted by Crippen LogP contribution is -2.39. The van der Waals surface area contributed by atoms with E-state index in [1.807, 2.05) is 39.0 Å². The lowest BCUT2D eigenvalue weighted by atomic mass is 10.1. The number of carbonyl (C=O) groups excluding carboxylic acids is 1. The summed E-state index contributed by atoms with van der Waals surface area (Å²) in [5.74, 6) is 0. The number of hydrogen-bond donors (Lipinski definition) is 1. The summed E-state index contributed by atoms with van der Waals surface area (Å²) in [4.78, 5) is 11.9. The molecule has 0 aliphatic heterocycles. The number of alkyl carbamates (subject to hydrolysis) is 1. The Morgan fingerprint density at radius 1 is 1.42 bits per heavy atom. The molecule has 19 heavy (non-hydrogen) atoms. The van der Waals surface area contributed by atoms with Crippen LogP contribution >= 0.6 is 27.5 Å². The van der Waals surface area contributed by atoms with E-state index in [0.29, 0.717) is 5.02 Å². The average molecular weight is 347 g/mol. The van der Waals surface area contributed by atoms with Gasteiger partial charge in [-0.25, -0.2) is 4.79 Å². The third kappa shape index (κ3) is 3.63. The largest absolute Gasteiger partial charge is 0.444 e. The zero-order chi connectivity index (χ0) is 14.3. The Morgan fingerprint density at radius 3 is 2.53 bits per heavy atom. The van der Waals surface area contributed by atoms with E-state index in [1.165, 1.54) is 0 Å². The van der Waals surface area contributed by atoms with E-state index in [0.717, 1.165) is 22.9 Å². The molecule has 1 amide bonds. The molecule has 0 spiro atoms. The molecule has 1 fully saturated rings. The highest BCUT2D eigenvalue weighted by atomic mass is 79.9. The van der Waals surface area contributed by atoms with Crippen molar-refractivity contribution in [3.8, 4) is 0 Å². The van der Waals surface area contributed by atoms with E-state index in [4.69, 9.17) is 16.3 Å². The van der Waals surface area contributed by atoms with Crippen LogP contribution in [-0.4, -0.2) is 11.7 Å². The Bertz CT molecular complexity index is 507. The van der Waals surface area contributed by atoms with E-state index in [9.17, 15) is 4.79 Å². The summed E-state index contributed by atoms with van der Waals surface area (Å²) in [6, 6.07) is 5.75. The van der Waals surface area contributed by atoms with E-state index in [-0.39, 0.29) is 11.6 Å². The first-order valence-electron chi connectivity index (χ1n) is 6.19. The Morgan fingerprint density at radius 2 is 2.05 bits per heavy atom. The van der Waals surface area contributed by atoms with Gasteiger partial charge in [0.05, 0.1) is 10.6 Å². The lowest BCUT2D eigenvalue weighted by Gasteiger charge is -2.24. The van der Waals surface area contributed by atoms with Crippen LogP contribution in [0.3, 0.4) is 0 Å². The number of amides is 1. The zero-order valence-corrected chi connectivity index (χ0v) is 13.6. The van der Waals surface area contributed by atoms with Gasteiger partial charge in [-0.1, -0.05) is 17.7 Å². The van der Waals surface area contributed by atoms with Crippen LogP contribution in [0.5, 0.6) is 0 Å². The highest BCUT2D eigenvalue weighted by Crippen LogP contribution is 2.46. The van der Waals surface area contributed by atoms with Crippen LogP contribution in [0, 0.1) is 0 Å². The predicted molar refractivity (Wildman–Crippen MR) is 79.4 cm³/mol. The quantitative estimate of drug-likeness (QED) is 0.849. The fourth-order valence-electron chi connectivity index (χ4n) is 1.90. The van der Waals surface area contributed by atoms with Crippen LogP contribution in [0.1, 0.15) is 39.2 Å². The van der Waals surface area contributed by atoms with E-state index >= 15 is 0 Å². The van der Waals surface area contributed by atoms with Gasteiger partial charge in [-0.3, -0.25) is 0 Å². The Labute approximate surface area is 126 Å². The fraction of sp³-hybridized carbons (Fsp3) is 0.500. The number of carbonyl (C=O) groups is 1. The predicted octanol–water partition coefficient (Wildman–Crippen LogP) is 4.62. The number of benzene rings is 1. The molecule has 1 saturated carbocycles. The van der Waals surface area contributed by atoms with Crippen molar-refractivity contribution < 1.29 is 9.53 Å². The summed E-state index contributed by atoms with van der Waals surface area (Å²) >= 11 is 9.46. The molecule has 0 bridgehead atoms. The standard InChI is InChI=1S/C14H17BrClNO2/c1-13(2,3)19-12(18)17-14(6-7-14)9-4-5-10(15)11(16)8-9/h4-5,8H,6-7H2,1-3H3,(H,17,18). The maximum atomic E-state index is 11.9. The van der Waals surface area contributed by atoms with Crippen molar-refractivity contribution in [3.05, 3.63) is 33.3 Å². The van der Waals surface area contributed by atoms with Gasteiger partial charge in [0, 0.05) is 4.47 Å². The van der Waals surface area contributed by atoms with Crippen molar-refractivity contribution in [2.45, 2.75) is 44.8 Å². The number of ether oxygens (including phenoxy) is 1. The normalized spacial score (nSPS) is 16.9. The molecule has 1 aromatic carbocycles. The monoisotopic (exact) mass is 345 g/mol. The second-order valence-corrected chi connectivity index (χ2v) is 7.10. The fourth-order valence-corrected chi connectivity index (χ4v) is 2.33. The molecule has 104 valence electrons. The van der Waals surface area contributed by atoms with E-state index < -0.39 is 5.60 Å². The molecule has 5 heteroatoms. The van der Waals surface area contributed by atoms with Gasteiger partial charge in [0.1, 0.15) is 5.60 Å². The molecule has 1 aliphatic rings. The average Bonchev–Trinajstić information content (AvgIpc) is 3.00. The highest BCUT2D eigenvalue weighted by molar-refractivity contribution is 9.10. The molecule has 1 aromatic rings. The van der Waals surface area contributed by atoms with E-state index in [1.54, 1.807) is 0 Å². The molecule has 0 radical (unpaired) electrons. The molecule has 0 heterocycles. The number of nitrogens with one attached hydrogen (secondary N) is 1. The summed E-state index contributed by atoms with van der Waals surface area (Å²) in [5.41, 5.74) is 0.219. The first kappa shape index (κ1) is 14.7. The Hall–Kier alpha value is -0.740. The molecule has 0 saturated heterocycles. The topological polar surface area (TPSA) is 38.3 Å². The van der Waals surface area contributed by atoms with Gasteiger partial charge in [-0.15, -0.1) is 0 Å². The van der Waals surface area contributed by atoms with Crippen molar-refractivity contribution in [2.24, 2.45) is 0 Å². The summed E-state index contributed by atoms with van der Waals surface area (Å²) in [7, 11) is 0. The van der Waals surface area contributed by atoms with Crippen LogP contribution in [0.15, 0.2) is 22.7 Å². The summed E-state index contributed by atoms with van der Waals surface area (Å²) in [6.07, 6.45) is 1.43. The third-order valence-electron chi connectivity index (χ3n) is 2.96. The van der Waals surface area contributed by atoms with Gasteiger partial charge in [0.25, 0.3) is 0 Å². The molecular weight excluding hydrogens is 330 g/mol. The summed E-state index contributed by atoms with van der Waals surface area (Å²) < 4.78 is 6.15. The summed E-state index contributed by atoms with van der Waals surface area (Å²) in [6.45, 7) is 5.55. The molecule has 0 atom stereocenters. The molecule has 0 unspecified atom stereocenters. The minimum absolute atomic E-state index is 0.313. The van der Waals surface area contributed by atoms with Gasteiger partial charge < -0.3 is 10.1 Å². The minimum Gasteiger partial charge on any atom is -0.444 e. The molecule has 1 N–H and O–H groups in total. The van der Waals surface area contributed by atoms with Crippen molar-refractivity contribution in [3.63, 3.8) is 0 Å². The molecule has 2 rings (SSSR count). The smallest absolute Gasteiger partial charge is 0.408 e. The van der Waals surface area contributed by atoms with Crippen LogP contribution in [0.2, 0.25) is 5.02 Å². The van der Waals surface area contributed by atoms with Crippen molar-refractivity contribution in [1.29, 1.82) is 0 Å². The Balaban J connectivity index is 2.11. The minimum atomic E-state index is -0.489. The van der Waals surface area contributed by atoms with E-state index in [2.05, 4.69) is 21.2 Å². The van der Waals surface area contributed by atoms with Gasteiger partial charge in [-0.2, -0.15) is 0 Å². The second kappa shape index (κ2) is 4.98. The second-order valence-electron chi connectivity index (χ2n) is 5.84. The maximum absolute atomic E-state index is 11.9. The van der Waals surface area contributed by atoms with Crippen LogP contribution in [-0.2, 0) is 10.3 Å². The number of rotatable bonds is 2. The highest BCUT2D eigenvalue weighted by Gasteiger charge is 2.46. The van der Waals surface area contributed by atoms with Crippen LogP contribution < -0.4 is 5.32 Å². The van der Waals surface area contributed by atoms with Crippen LogP contribution in [0.25, 0.3) is 0 Å². The third-order valence-corrected chi connectivity index (χ3v) is 4.19. The van der Waals surface area contributed by atoms with Crippen LogP contribution in [0.4, 0.5) is 4.79 Å². The Kier molecular flexibility index (Phi) is 3.85. The van der Waals surface area contributed by atoms with Gasteiger partial charge in [-0.05, 0) is 67.2 Å². The molecule has 0 aromatic heterocycles. The van der Waals surface area contributed by atoms with Crippen molar-refractivity contribution in [2.75, 3.05) is 0 Å². The van der Waals surface area contributed by atoms with Gasteiger partial charge in [0.15, 0.2) is 0 Å². The van der Waals surface area contributed by atoms with Crippen molar-refractivity contribution >= 4 is 33.6 Å². The first-order valence-corrected chi connectivity index (χ1v) is 7.36. The number of hydrogen-bond acceptors (Lipinski definition) is 2. The number of halogens is 2. The zero-order valence-electron chi connectivity index (χ0n) is 11.2. The summed E-state index contributed by atoms with van der Waals surface area (Å²) in [5, 5.41) is 3.60. The maximum Gasteiger partial charge on any atom is 0.408 e. The molecule has 1 aliphatic carbocycles. The van der Waals surface area contributed by atoms with Crippen molar-refractivity contribution in [1.82, 2.24) is 5.32 Å². The molecule has 3 nitrogen and oxygen atoms in total. The van der Waals surface area contributed by atoms with Gasteiger partial charge >= 0.3 is 6.09 Å². The SMILES string of the molecule is CC(C)(C)OC(=O)NC1(c2ccc(Br)c(Cl)c2)CC1. The molecular formula is C14H17BrClNO2. The first-order chi connectivity index (χ1) is 8.72. The lowest BCUT2D eigenvalue weighted by molar-refractivity contribution is 0.0495. The van der Waals surface area contributed by atoms with Gasteiger partial charge in [0.2, 0.25) is 0 Å².